The topological polar surface area (TPSA) is 27.3 Å². The number of hydrogen-bond donors (Lipinski definition) is 2. The standard InChI is InChI=1S/C13H21N3S/c1-3-14-13(17)15-10-7-11-16(2)12-8-5-4-6-9-12/h4-6,8-9H,3,7,10-11H2,1-2H3,(H2,14,15,17). The van der Waals surface area contributed by atoms with Crippen LogP contribution in [0.2, 0.25) is 0 Å². The van der Waals surface area contributed by atoms with Crippen LogP contribution in [-0.4, -0.2) is 31.8 Å². The molecule has 0 amide bonds. The maximum atomic E-state index is 5.09. The molecule has 0 atom stereocenters. The molecule has 1 rings (SSSR count). The Labute approximate surface area is 109 Å². The van der Waals surface area contributed by atoms with Gasteiger partial charge in [-0.25, -0.2) is 0 Å². The smallest absolute Gasteiger partial charge is 0.166 e. The summed E-state index contributed by atoms with van der Waals surface area (Å²) < 4.78 is 0. The number of nitrogens with one attached hydrogen (secondary N) is 2. The molecule has 0 bridgehead atoms. The zero-order valence-electron chi connectivity index (χ0n) is 10.6. The van der Waals surface area contributed by atoms with Gasteiger partial charge >= 0.3 is 0 Å². The lowest BCUT2D eigenvalue weighted by Gasteiger charge is -2.19. The third-order valence-electron chi connectivity index (χ3n) is 2.49. The van der Waals surface area contributed by atoms with Crippen molar-refractivity contribution in [3.05, 3.63) is 30.3 Å². The number of hydrogen-bond acceptors (Lipinski definition) is 2. The second kappa shape index (κ2) is 7.90. The quantitative estimate of drug-likeness (QED) is 0.597. The lowest BCUT2D eigenvalue weighted by atomic mass is 10.3. The van der Waals surface area contributed by atoms with E-state index in [0.717, 1.165) is 31.2 Å². The lowest BCUT2D eigenvalue weighted by molar-refractivity contribution is 0.742. The molecular weight excluding hydrogens is 230 g/mol. The van der Waals surface area contributed by atoms with E-state index in [2.05, 4.69) is 46.8 Å². The maximum Gasteiger partial charge on any atom is 0.166 e. The highest BCUT2D eigenvalue weighted by Crippen LogP contribution is 2.10. The van der Waals surface area contributed by atoms with Gasteiger partial charge in [0.25, 0.3) is 0 Å². The van der Waals surface area contributed by atoms with Gasteiger partial charge in [-0.1, -0.05) is 18.2 Å². The van der Waals surface area contributed by atoms with Crippen LogP contribution in [0, 0.1) is 0 Å². The number of benzene rings is 1. The monoisotopic (exact) mass is 251 g/mol. The Balaban J connectivity index is 2.17. The number of anilines is 1. The summed E-state index contributed by atoms with van der Waals surface area (Å²) in [5.41, 5.74) is 1.25. The Morgan fingerprint density at radius 1 is 1.24 bits per heavy atom. The van der Waals surface area contributed by atoms with Crippen LogP contribution >= 0.6 is 12.2 Å². The molecule has 2 N–H and O–H groups in total. The van der Waals surface area contributed by atoms with Gasteiger partial charge in [-0.2, -0.15) is 0 Å². The van der Waals surface area contributed by atoms with E-state index in [-0.39, 0.29) is 0 Å². The van der Waals surface area contributed by atoms with E-state index >= 15 is 0 Å². The Morgan fingerprint density at radius 2 is 1.94 bits per heavy atom. The van der Waals surface area contributed by atoms with E-state index in [4.69, 9.17) is 12.2 Å². The molecule has 0 aliphatic heterocycles. The first-order valence-corrected chi connectivity index (χ1v) is 6.42. The zero-order chi connectivity index (χ0) is 12.5. The van der Waals surface area contributed by atoms with Crippen LogP contribution in [0.1, 0.15) is 13.3 Å². The fourth-order valence-corrected chi connectivity index (χ4v) is 1.80. The first-order chi connectivity index (χ1) is 8.24. The summed E-state index contributed by atoms with van der Waals surface area (Å²) in [5.74, 6) is 0. The molecular formula is C13H21N3S. The molecule has 94 valence electrons. The van der Waals surface area contributed by atoms with Gasteiger partial charge in [-0.3, -0.25) is 0 Å². The Hall–Kier alpha value is -1.29. The first kappa shape index (κ1) is 13.8. The molecule has 0 radical (unpaired) electrons. The first-order valence-electron chi connectivity index (χ1n) is 6.02. The van der Waals surface area contributed by atoms with Crippen LogP contribution < -0.4 is 15.5 Å². The van der Waals surface area contributed by atoms with Crippen molar-refractivity contribution in [2.45, 2.75) is 13.3 Å². The molecule has 1 aromatic rings. The van der Waals surface area contributed by atoms with Crippen molar-refractivity contribution in [2.24, 2.45) is 0 Å². The normalized spacial score (nSPS) is 9.76. The average Bonchev–Trinajstić information content (AvgIpc) is 2.36. The van der Waals surface area contributed by atoms with Crippen molar-refractivity contribution in [1.82, 2.24) is 10.6 Å². The highest BCUT2D eigenvalue weighted by atomic mass is 32.1. The Kier molecular flexibility index (Phi) is 6.40. The van der Waals surface area contributed by atoms with E-state index in [1.54, 1.807) is 0 Å². The SMILES string of the molecule is CCNC(=S)NCCCN(C)c1ccccc1. The van der Waals surface area contributed by atoms with Crippen molar-refractivity contribution in [2.75, 3.05) is 31.6 Å². The van der Waals surface area contributed by atoms with Gasteiger partial charge < -0.3 is 15.5 Å². The molecule has 4 heteroatoms. The summed E-state index contributed by atoms with van der Waals surface area (Å²) in [5, 5.41) is 7.00. The highest BCUT2D eigenvalue weighted by molar-refractivity contribution is 7.80. The van der Waals surface area contributed by atoms with Crippen molar-refractivity contribution in [3.63, 3.8) is 0 Å². The fraction of sp³-hybridized carbons (Fsp3) is 0.462. The number of para-hydroxylation sites is 1. The highest BCUT2D eigenvalue weighted by Gasteiger charge is 1.99. The predicted molar refractivity (Wildman–Crippen MR) is 78.6 cm³/mol. The number of thiocarbonyl (C=S) groups is 1. The van der Waals surface area contributed by atoms with Crippen molar-refractivity contribution < 1.29 is 0 Å². The van der Waals surface area contributed by atoms with E-state index in [1.165, 1.54) is 5.69 Å². The summed E-state index contributed by atoms with van der Waals surface area (Å²) in [6, 6.07) is 10.4. The second-order valence-electron chi connectivity index (χ2n) is 3.90. The molecule has 0 fully saturated rings. The number of nitrogens with zero attached hydrogens (tertiary/aromatic N) is 1. The predicted octanol–water partition coefficient (Wildman–Crippen LogP) is 2.00. The van der Waals surface area contributed by atoms with Gasteiger partial charge in [0.05, 0.1) is 0 Å². The van der Waals surface area contributed by atoms with E-state index < -0.39 is 0 Å². The molecule has 0 saturated heterocycles. The zero-order valence-corrected chi connectivity index (χ0v) is 11.4. The summed E-state index contributed by atoms with van der Waals surface area (Å²) in [4.78, 5) is 2.25. The molecule has 0 aliphatic rings. The third-order valence-corrected chi connectivity index (χ3v) is 2.78. The lowest BCUT2D eigenvalue weighted by Crippen LogP contribution is -2.36. The molecule has 3 nitrogen and oxygen atoms in total. The molecule has 0 saturated carbocycles. The van der Waals surface area contributed by atoms with Gasteiger partial charge in [0.15, 0.2) is 5.11 Å². The average molecular weight is 251 g/mol. The minimum absolute atomic E-state index is 0.745. The van der Waals surface area contributed by atoms with Crippen LogP contribution in [0.3, 0.4) is 0 Å². The summed E-state index contributed by atoms with van der Waals surface area (Å²) in [6.45, 7) is 4.83. The molecule has 1 aromatic carbocycles. The second-order valence-corrected chi connectivity index (χ2v) is 4.31. The molecule has 17 heavy (non-hydrogen) atoms. The molecule has 0 aliphatic carbocycles. The van der Waals surface area contributed by atoms with E-state index in [9.17, 15) is 0 Å². The minimum atomic E-state index is 0.745. The van der Waals surface area contributed by atoms with Crippen LogP contribution in [0.15, 0.2) is 30.3 Å². The molecule has 0 heterocycles. The number of rotatable bonds is 6. The third kappa shape index (κ3) is 5.54. The van der Waals surface area contributed by atoms with Gasteiger partial charge in [-0.15, -0.1) is 0 Å². The van der Waals surface area contributed by atoms with Crippen LogP contribution in [0.5, 0.6) is 0 Å². The molecule has 0 spiro atoms. The molecule has 0 aromatic heterocycles. The summed E-state index contributed by atoms with van der Waals surface area (Å²) in [7, 11) is 2.11. The Morgan fingerprint density at radius 3 is 2.59 bits per heavy atom. The van der Waals surface area contributed by atoms with Gasteiger partial charge in [0.2, 0.25) is 0 Å². The van der Waals surface area contributed by atoms with Crippen molar-refractivity contribution in [3.8, 4) is 0 Å². The minimum Gasteiger partial charge on any atom is -0.375 e. The Bertz CT molecular complexity index is 327. The summed E-state index contributed by atoms with van der Waals surface area (Å²) in [6.07, 6.45) is 1.07. The largest absolute Gasteiger partial charge is 0.375 e. The van der Waals surface area contributed by atoms with Crippen LogP contribution in [0.4, 0.5) is 5.69 Å². The summed E-state index contributed by atoms with van der Waals surface area (Å²) >= 11 is 5.09. The van der Waals surface area contributed by atoms with Gasteiger partial charge in [0.1, 0.15) is 0 Å². The van der Waals surface area contributed by atoms with Crippen molar-refractivity contribution in [1.29, 1.82) is 0 Å². The van der Waals surface area contributed by atoms with Crippen LogP contribution in [-0.2, 0) is 0 Å². The van der Waals surface area contributed by atoms with E-state index in [0.29, 0.717) is 0 Å². The fourth-order valence-electron chi connectivity index (χ4n) is 1.55. The van der Waals surface area contributed by atoms with Gasteiger partial charge in [0, 0.05) is 32.4 Å². The van der Waals surface area contributed by atoms with Crippen LogP contribution in [0.25, 0.3) is 0 Å². The molecule has 0 unspecified atom stereocenters. The van der Waals surface area contributed by atoms with Crippen molar-refractivity contribution >= 4 is 23.0 Å². The van der Waals surface area contributed by atoms with E-state index in [1.807, 2.05) is 13.0 Å². The maximum absolute atomic E-state index is 5.09. The van der Waals surface area contributed by atoms with Gasteiger partial charge in [-0.05, 0) is 37.7 Å².